The fraction of sp³-hybridized carbons (Fsp3) is 0.417. The van der Waals surface area contributed by atoms with Gasteiger partial charge >= 0.3 is 6.09 Å². The zero-order valence-corrected chi connectivity index (χ0v) is 9.48. The number of carbonyl (C=O) groups excluding carboxylic acids is 1. The van der Waals surface area contributed by atoms with Crippen LogP contribution in [0.1, 0.15) is 18.9 Å². The molecule has 4 nitrogen and oxygen atoms in total. The van der Waals surface area contributed by atoms with Crippen LogP contribution in [-0.4, -0.2) is 18.7 Å². The highest BCUT2D eigenvalue weighted by Crippen LogP contribution is 2.00. The third kappa shape index (κ3) is 4.79. The lowest BCUT2D eigenvalue weighted by Crippen LogP contribution is -2.36. The number of carbonyl (C=O) groups is 1. The van der Waals surface area contributed by atoms with Crippen LogP contribution in [0.2, 0.25) is 0 Å². The highest BCUT2D eigenvalue weighted by Gasteiger charge is 2.04. The second-order valence-corrected chi connectivity index (χ2v) is 3.61. The molecule has 1 rings (SSSR count). The maximum atomic E-state index is 11.2. The molecule has 0 saturated heterocycles. The van der Waals surface area contributed by atoms with Crippen molar-refractivity contribution in [2.24, 2.45) is 5.73 Å². The van der Waals surface area contributed by atoms with Gasteiger partial charge in [-0.25, -0.2) is 4.79 Å². The van der Waals surface area contributed by atoms with E-state index in [1.54, 1.807) is 0 Å². The Morgan fingerprint density at radius 2 is 2.12 bits per heavy atom. The maximum Gasteiger partial charge on any atom is 0.407 e. The summed E-state index contributed by atoms with van der Waals surface area (Å²) in [5.41, 5.74) is 6.63. The molecule has 0 saturated carbocycles. The van der Waals surface area contributed by atoms with E-state index in [9.17, 15) is 4.79 Å². The molecule has 88 valence electrons. The van der Waals surface area contributed by atoms with E-state index >= 15 is 0 Å². The molecule has 1 aromatic carbocycles. The second-order valence-electron chi connectivity index (χ2n) is 3.61. The number of hydrogen-bond acceptors (Lipinski definition) is 3. The average molecular weight is 222 g/mol. The summed E-state index contributed by atoms with van der Waals surface area (Å²) in [4.78, 5) is 11.2. The molecule has 0 aromatic heterocycles. The van der Waals surface area contributed by atoms with E-state index in [4.69, 9.17) is 10.5 Å². The molecule has 1 atom stereocenters. The summed E-state index contributed by atoms with van der Waals surface area (Å²) in [6.45, 7) is 2.71. The molecule has 0 aliphatic heterocycles. The molecule has 16 heavy (non-hydrogen) atoms. The Kier molecular flexibility index (Phi) is 5.36. The van der Waals surface area contributed by atoms with Crippen molar-refractivity contribution in [3.63, 3.8) is 0 Å². The molecule has 0 radical (unpaired) electrons. The van der Waals surface area contributed by atoms with Gasteiger partial charge in [-0.3, -0.25) is 0 Å². The number of amides is 1. The van der Waals surface area contributed by atoms with Gasteiger partial charge in [0.05, 0.1) is 0 Å². The maximum absolute atomic E-state index is 11.2. The fourth-order valence-electron chi connectivity index (χ4n) is 1.13. The quantitative estimate of drug-likeness (QED) is 0.796. The summed E-state index contributed by atoms with van der Waals surface area (Å²) in [5.74, 6) is 0. The summed E-state index contributed by atoms with van der Waals surface area (Å²) >= 11 is 0. The number of ether oxygens (including phenoxy) is 1. The van der Waals surface area contributed by atoms with Gasteiger partial charge in [0.25, 0.3) is 0 Å². The Morgan fingerprint density at radius 3 is 2.75 bits per heavy atom. The van der Waals surface area contributed by atoms with Crippen LogP contribution in [-0.2, 0) is 11.3 Å². The molecule has 0 aliphatic carbocycles. The lowest BCUT2D eigenvalue weighted by atomic mass is 10.2. The minimum absolute atomic E-state index is 0.00993. The van der Waals surface area contributed by atoms with Crippen molar-refractivity contribution in [3.8, 4) is 0 Å². The number of hydrogen-bond donors (Lipinski definition) is 2. The average Bonchev–Trinajstić information content (AvgIpc) is 2.34. The monoisotopic (exact) mass is 222 g/mol. The molecule has 0 heterocycles. The predicted octanol–water partition coefficient (Wildman–Crippen LogP) is 1.65. The standard InChI is InChI=1S/C12H18N2O2/c1-2-11(13)8-14-12(15)16-9-10-6-4-3-5-7-10/h3-7,11H,2,8-9,13H2,1H3,(H,14,15)/t11-/m1/s1. The van der Waals surface area contributed by atoms with Gasteiger partial charge in [0.1, 0.15) is 6.61 Å². The van der Waals surface area contributed by atoms with Crippen LogP contribution in [0.15, 0.2) is 30.3 Å². The third-order valence-corrected chi connectivity index (χ3v) is 2.25. The number of benzene rings is 1. The topological polar surface area (TPSA) is 64.3 Å². The number of alkyl carbamates (subject to hydrolysis) is 1. The molecular formula is C12H18N2O2. The zero-order chi connectivity index (χ0) is 11.8. The summed E-state index contributed by atoms with van der Waals surface area (Å²) < 4.78 is 5.02. The fourth-order valence-corrected chi connectivity index (χ4v) is 1.13. The molecule has 1 aromatic rings. The molecule has 3 N–H and O–H groups in total. The first kappa shape index (κ1) is 12.5. The van der Waals surface area contributed by atoms with Crippen LogP contribution in [0.4, 0.5) is 4.79 Å². The van der Waals surface area contributed by atoms with Gasteiger partial charge in [-0.15, -0.1) is 0 Å². The van der Waals surface area contributed by atoms with Crippen molar-refractivity contribution >= 4 is 6.09 Å². The Labute approximate surface area is 95.8 Å². The van der Waals surface area contributed by atoms with E-state index in [1.807, 2.05) is 37.3 Å². The first-order valence-corrected chi connectivity index (χ1v) is 5.42. The normalized spacial score (nSPS) is 11.9. The molecule has 0 unspecified atom stereocenters. The Balaban J connectivity index is 2.20. The Morgan fingerprint density at radius 1 is 1.44 bits per heavy atom. The van der Waals surface area contributed by atoms with Gasteiger partial charge in [0.15, 0.2) is 0 Å². The molecule has 0 aliphatic rings. The molecule has 0 bridgehead atoms. The van der Waals surface area contributed by atoms with E-state index in [0.29, 0.717) is 6.54 Å². The summed E-state index contributed by atoms with van der Waals surface area (Å²) in [5, 5.41) is 2.62. The smallest absolute Gasteiger partial charge is 0.407 e. The van der Waals surface area contributed by atoms with Gasteiger partial charge in [-0.1, -0.05) is 37.3 Å². The SMILES string of the molecule is CC[C@@H](N)CNC(=O)OCc1ccccc1. The Bertz CT molecular complexity index is 314. The molecule has 1 amide bonds. The van der Waals surface area contributed by atoms with Crippen molar-refractivity contribution in [1.29, 1.82) is 0 Å². The minimum atomic E-state index is -0.423. The van der Waals surface area contributed by atoms with Crippen LogP contribution in [0, 0.1) is 0 Å². The summed E-state index contributed by atoms with van der Waals surface area (Å²) in [6, 6.07) is 9.54. The highest BCUT2D eigenvalue weighted by molar-refractivity contribution is 5.67. The van der Waals surface area contributed by atoms with E-state index in [0.717, 1.165) is 12.0 Å². The number of nitrogens with one attached hydrogen (secondary N) is 1. The number of rotatable bonds is 5. The van der Waals surface area contributed by atoms with Crippen molar-refractivity contribution < 1.29 is 9.53 Å². The molecular weight excluding hydrogens is 204 g/mol. The summed E-state index contributed by atoms with van der Waals surface area (Å²) in [6.07, 6.45) is 0.409. The van der Waals surface area contributed by atoms with E-state index in [2.05, 4.69) is 5.32 Å². The van der Waals surface area contributed by atoms with Crippen LogP contribution in [0.25, 0.3) is 0 Å². The van der Waals surface area contributed by atoms with Crippen LogP contribution < -0.4 is 11.1 Å². The third-order valence-electron chi connectivity index (χ3n) is 2.25. The predicted molar refractivity (Wildman–Crippen MR) is 62.9 cm³/mol. The summed E-state index contributed by atoms with van der Waals surface area (Å²) in [7, 11) is 0. The van der Waals surface area contributed by atoms with Gasteiger partial charge in [0.2, 0.25) is 0 Å². The van der Waals surface area contributed by atoms with Crippen molar-refractivity contribution in [3.05, 3.63) is 35.9 Å². The molecule has 0 fully saturated rings. The van der Waals surface area contributed by atoms with E-state index < -0.39 is 6.09 Å². The van der Waals surface area contributed by atoms with Crippen LogP contribution in [0.5, 0.6) is 0 Å². The highest BCUT2D eigenvalue weighted by atomic mass is 16.5. The van der Waals surface area contributed by atoms with E-state index in [-0.39, 0.29) is 12.6 Å². The number of nitrogens with two attached hydrogens (primary N) is 1. The largest absolute Gasteiger partial charge is 0.445 e. The first-order valence-electron chi connectivity index (χ1n) is 5.42. The zero-order valence-electron chi connectivity index (χ0n) is 9.48. The first-order chi connectivity index (χ1) is 7.72. The van der Waals surface area contributed by atoms with Crippen LogP contribution in [0.3, 0.4) is 0 Å². The van der Waals surface area contributed by atoms with Crippen molar-refractivity contribution in [1.82, 2.24) is 5.32 Å². The van der Waals surface area contributed by atoms with Gasteiger partial charge in [-0.05, 0) is 12.0 Å². The van der Waals surface area contributed by atoms with Crippen molar-refractivity contribution in [2.75, 3.05) is 6.54 Å². The van der Waals surface area contributed by atoms with Gasteiger partial charge in [-0.2, -0.15) is 0 Å². The van der Waals surface area contributed by atoms with Crippen molar-refractivity contribution in [2.45, 2.75) is 26.0 Å². The Hall–Kier alpha value is -1.55. The molecule has 4 heteroatoms. The van der Waals surface area contributed by atoms with Gasteiger partial charge in [0, 0.05) is 12.6 Å². The van der Waals surface area contributed by atoms with E-state index in [1.165, 1.54) is 0 Å². The second kappa shape index (κ2) is 6.85. The van der Waals surface area contributed by atoms with Gasteiger partial charge < -0.3 is 15.8 Å². The van der Waals surface area contributed by atoms with Crippen LogP contribution >= 0.6 is 0 Å². The lowest BCUT2D eigenvalue weighted by Gasteiger charge is -2.10. The minimum Gasteiger partial charge on any atom is -0.445 e. The lowest BCUT2D eigenvalue weighted by molar-refractivity contribution is 0.139. The molecule has 0 spiro atoms.